The summed E-state index contributed by atoms with van der Waals surface area (Å²) < 4.78 is 0. The average molecular weight is 231 g/mol. The number of carbonyl (C=O) groups is 1. The molecule has 1 atom stereocenters. The van der Waals surface area contributed by atoms with Crippen LogP contribution < -0.4 is 0 Å². The van der Waals surface area contributed by atoms with Gasteiger partial charge in [-0.15, -0.1) is 0 Å². The first-order chi connectivity index (χ1) is 7.61. The van der Waals surface area contributed by atoms with Gasteiger partial charge in [-0.25, -0.2) is 5.06 Å². The van der Waals surface area contributed by atoms with E-state index in [0.29, 0.717) is 0 Å². The minimum absolute atomic E-state index is 0.0799. The van der Waals surface area contributed by atoms with E-state index < -0.39 is 0 Å². The lowest BCUT2D eigenvalue weighted by Gasteiger charge is -2.23. The molecule has 16 heavy (non-hydrogen) atoms. The molecule has 0 saturated heterocycles. The Morgan fingerprint density at radius 3 is 2.44 bits per heavy atom. The average Bonchev–Trinajstić information content (AvgIpc) is 2.25. The second-order valence-electron chi connectivity index (χ2n) is 4.11. The van der Waals surface area contributed by atoms with Gasteiger partial charge in [0.1, 0.15) is 0 Å². The van der Waals surface area contributed by atoms with Crippen LogP contribution in [0.1, 0.15) is 52.4 Å². The Bertz CT molecular complexity index is 185. The van der Waals surface area contributed by atoms with Gasteiger partial charge in [-0.3, -0.25) is 9.63 Å². The monoisotopic (exact) mass is 231 g/mol. The first-order valence-corrected chi connectivity index (χ1v) is 6.13. The van der Waals surface area contributed by atoms with Crippen LogP contribution in [-0.2, 0) is 9.63 Å². The molecule has 0 aliphatic rings. The third kappa shape index (κ3) is 7.65. The normalized spacial score (nSPS) is 12.5. The molecule has 0 spiro atoms. The Hall–Kier alpha value is -0.610. The number of hydrogen-bond donors (Lipinski definition) is 1. The predicted octanol–water partition coefficient (Wildman–Crippen LogP) is 2.12. The zero-order valence-electron chi connectivity index (χ0n) is 10.7. The maximum Gasteiger partial charge on any atom is 0.242 e. The highest BCUT2D eigenvalue weighted by molar-refractivity contribution is 5.71. The molecule has 1 N–H and O–H groups in total. The van der Waals surface area contributed by atoms with Crippen molar-refractivity contribution < 1.29 is 14.7 Å². The molecule has 4 nitrogen and oxygen atoms in total. The Labute approximate surface area is 98.5 Å². The smallest absolute Gasteiger partial charge is 0.242 e. The van der Waals surface area contributed by atoms with Crippen LogP contribution in [-0.4, -0.2) is 35.8 Å². The summed E-state index contributed by atoms with van der Waals surface area (Å²) in [6.07, 6.45) is 5.95. The molecule has 4 heteroatoms. The minimum atomic E-state index is -0.0799. The number of aliphatic hydroxyl groups is 1. The van der Waals surface area contributed by atoms with Gasteiger partial charge in [0.25, 0.3) is 0 Å². The molecular weight excluding hydrogens is 206 g/mol. The summed E-state index contributed by atoms with van der Waals surface area (Å²) in [6, 6.07) is 0. The lowest BCUT2D eigenvalue weighted by atomic mass is 10.1. The van der Waals surface area contributed by atoms with Crippen LogP contribution in [0.25, 0.3) is 0 Å². The molecule has 0 fully saturated rings. The van der Waals surface area contributed by atoms with Gasteiger partial charge in [0.15, 0.2) is 0 Å². The van der Waals surface area contributed by atoms with Crippen LogP contribution in [0.4, 0.5) is 0 Å². The molecule has 0 aliphatic heterocycles. The molecule has 1 amide bonds. The van der Waals surface area contributed by atoms with Crippen LogP contribution in [0.3, 0.4) is 0 Å². The summed E-state index contributed by atoms with van der Waals surface area (Å²) in [4.78, 5) is 16.6. The lowest BCUT2D eigenvalue weighted by Crippen LogP contribution is -2.30. The molecule has 0 aromatic rings. The van der Waals surface area contributed by atoms with Crippen molar-refractivity contribution in [2.75, 3.05) is 13.7 Å². The largest absolute Gasteiger partial charge is 0.396 e. The Balaban J connectivity index is 3.93. The molecule has 96 valence electrons. The fraction of sp³-hybridized carbons (Fsp3) is 0.917. The van der Waals surface area contributed by atoms with Gasteiger partial charge in [-0.05, 0) is 25.7 Å². The number of rotatable bonds is 9. The highest BCUT2D eigenvalue weighted by atomic mass is 16.7. The van der Waals surface area contributed by atoms with E-state index in [1.807, 2.05) is 0 Å². The molecule has 0 rings (SSSR count). The number of nitrogens with zero attached hydrogens (tertiary/aromatic N) is 1. The van der Waals surface area contributed by atoms with E-state index in [0.717, 1.165) is 38.5 Å². The Morgan fingerprint density at radius 1 is 1.31 bits per heavy atom. The lowest BCUT2D eigenvalue weighted by molar-refractivity contribution is -0.197. The maximum absolute atomic E-state index is 11.0. The van der Waals surface area contributed by atoms with Crippen molar-refractivity contribution in [3.05, 3.63) is 0 Å². The van der Waals surface area contributed by atoms with Gasteiger partial charge in [-0.2, -0.15) is 0 Å². The van der Waals surface area contributed by atoms with E-state index in [9.17, 15) is 4.79 Å². The van der Waals surface area contributed by atoms with E-state index >= 15 is 0 Å². The first-order valence-electron chi connectivity index (χ1n) is 6.13. The fourth-order valence-electron chi connectivity index (χ4n) is 1.46. The molecule has 0 aromatic heterocycles. The van der Waals surface area contributed by atoms with Gasteiger partial charge in [0, 0.05) is 20.6 Å². The summed E-state index contributed by atoms with van der Waals surface area (Å²) in [5, 5.41) is 10.0. The summed E-state index contributed by atoms with van der Waals surface area (Å²) in [5.41, 5.74) is 0. The fourth-order valence-corrected chi connectivity index (χ4v) is 1.46. The van der Waals surface area contributed by atoms with Gasteiger partial charge in [0.2, 0.25) is 5.91 Å². The summed E-state index contributed by atoms with van der Waals surface area (Å²) in [6.45, 7) is 3.85. The number of unbranched alkanes of at least 4 members (excludes halogenated alkanes) is 2. The molecule has 0 radical (unpaired) electrons. The summed E-state index contributed by atoms with van der Waals surface area (Å²) in [5.74, 6) is -0.0799. The number of amides is 1. The van der Waals surface area contributed by atoms with Crippen molar-refractivity contribution in [1.29, 1.82) is 0 Å². The number of hydroxylamine groups is 2. The topological polar surface area (TPSA) is 49.8 Å². The van der Waals surface area contributed by atoms with Crippen LogP contribution in [0.5, 0.6) is 0 Å². The van der Waals surface area contributed by atoms with E-state index in [1.165, 1.54) is 12.0 Å². The summed E-state index contributed by atoms with van der Waals surface area (Å²) in [7, 11) is 1.65. The van der Waals surface area contributed by atoms with Crippen molar-refractivity contribution in [1.82, 2.24) is 5.06 Å². The third-order valence-corrected chi connectivity index (χ3v) is 2.56. The van der Waals surface area contributed by atoms with Crippen LogP contribution >= 0.6 is 0 Å². The standard InChI is InChI=1S/C12H25NO3/c1-4-5-8-12(9-6-7-10-14)16-13(3)11(2)15/h12,14H,4-10H2,1-3H3. The van der Waals surface area contributed by atoms with E-state index in [-0.39, 0.29) is 18.6 Å². The predicted molar refractivity (Wildman–Crippen MR) is 63.8 cm³/mol. The van der Waals surface area contributed by atoms with Crippen LogP contribution in [0.2, 0.25) is 0 Å². The molecule has 0 heterocycles. The minimum Gasteiger partial charge on any atom is -0.396 e. The van der Waals surface area contributed by atoms with Gasteiger partial charge >= 0.3 is 0 Å². The van der Waals surface area contributed by atoms with Crippen molar-refractivity contribution in [2.45, 2.75) is 58.5 Å². The number of hydrogen-bond acceptors (Lipinski definition) is 3. The second-order valence-corrected chi connectivity index (χ2v) is 4.11. The number of aliphatic hydroxyl groups excluding tert-OH is 1. The molecule has 0 aromatic carbocycles. The third-order valence-electron chi connectivity index (χ3n) is 2.56. The molecule has 0 saturated carbocycles. The molecule has 0 bridgehead atoms. The maximum atomic E-state index is 11.0. The molecule has 0 aliphatic carbocycles. The van der Waals surface area contributed by atoms with E-state index in [2.05, 4.69) is 6.92 Å². The van der Waals surface area contributed by atoms with Crippen LogP contribution in [0, 0.1) is 0 Å². The highest BCUT2D eigenvalue weighted by Crippen LogP contribution is 2.13. The zero-order valence-corrected chi connectivity index (χ0v) is 10.7. The zero-order chi connectivity index (χ0) is 12.4. The van der Waals surface area contributed by atoms with Crippen molar-refractivity contribution in [2.24, 2.45) is 0 Å². The number of carbonyl (C=O) groups excluding carboxylic acids is 1. The summed E-state index contributed by atoms with van der Waals surface area (Å²) >= 11 is 0. The van der Waals surface area contributed by atoms with E-state index in [1.54, 1.807) is 7.05 Å². The molecular formula is C12H25NO3. The quantitative estimate of drug-likeness (QED) is 0.488. The first kappa shape index (κ1) is 15.4. The highest BCUT2D eigenvalue weighted by Gasteiger charge is 2.13. The van der Waals surface area contributed by atoms with Crippen molar-refractivity contribution >= 4 is 5.91 Å². The van der Waals surface area contributed by atoms with Gasteiger partial charge < -0.3 is 5.11 Å². The Kier molecular flexibility index (Phi) is 9.24. The molecule has 1 unspecified atom stereocenters. The SMILES string of the molecule is CCCCC(CCCCO)ON(C)C(C)=O. The van der Waals surface area contributed by atoms with E-state index in [4.69, 9.17) is 9.94 Å². The Morgan fingerprint density at radius 2 is 1.94 bits per heavy atom. The second kappa shape index (κ2) is 9.60. The van der Waals surface area contributed by atoms with Crippen molar-refractivity contribution in [3.63, 3.8) is 0 Å². The van der Waals surface area contributed by atoms with Crippen molar-refractivity contribution in [3.8, 4) is 0 Å². The van der Waals surface area contributed by atoms with Crippen LogP contribution in [0.15, 0.2) is 0 Å². The van der Waals surface area contributed by atoms with Gasteiger partial charge in [-0.1, -0.05) is 19.8 Å². The van der Waals surface area contributed by atoms with Gasteiger partial charge in [0.05, 0.1) is 6.10 Å².